The Labute approximate surface area is 149 Å². The Morgan fingerprint density at radius 3 is 2.44 bits per heavy atom. The van der Waals surface area contributed by atoms with Crippen LogP contribution in [0.5, 0.6) is 0 Å². The van der Waals surface area contributed by atoms with E-state index < -0.39 is 0 Å². The quantitative estimate of drug-likeness (QED) is 0.849. The number of para-hydroxylation sites is 1. The Hall–Kier alpha value is -2.17. The fourth-order valence-electron chi connectivity index (χ4n) is 3.33. The second-order valence-corrected chi connectivity index (χ2v) is 6.68. The van der Waals surface area contributed by atoms with Gasteiger partial charge in [0.15, 0.2) is 0 Å². The Morgan fingerprint density at radius 2 is 1.72 bits per heavy atom. The standard InChI is InChI=1S/C21H26N2O2/c24-16-17-10-13-23(14-11-17)15-12-21(25)22-20-9-5-4-8-19(20)18-6-2-1-3-7-18/h1-9,17,24H,10-16H2,(H,22,25). The number of carbonyl (C=O) groups excluding carboxylic acids is 1. The number of nitrogens with zero attached hydrogens (tertiary/aromatic N) is 1. The van der Waals surface area contributed by atoms with Crippen LogP contribution in [0.15, 0.2) is 54.6 Å². The van der Waals surface area contributed by atoms with Crippen molar-refractivity contribution in [3.8, 4) is 11.1 Å². The third kappa shape index (κ3) is 4.91. The Balaban J connectivity index is 1.55. The monoisotopic (exact) mass is 338 g/mol. The van der Waals surface area contributed by atoms with Gasteiger partial charge in [0.2, 0.25) is 5.91 Å². The summed E-state index contributed by atoms with van der Waals surface area (Å²) in [5, 5.41) is 12.3. The summed E-state index contributed by atoms with van der Waals surface area (Å²) in [4.78, 5) is 14.7. The fraction of sp³-hybridized carbons (Fsp3) is 0.381. The molecular formula is C21H26N2O2. The molecular weight excluding hydrogens is 312 g/mol. The molecule has 1 saturated heterocycles. The van der Waals surface area contributed by atoms with Crippen LogP contribution in [-0.2, 0) is 4.79 Å². The SMILES string of the molecule is O=C(CCN1CCC(CO)CC1)Nc1ccccc1-c1ccccc1. The van der Waals surface area contributed by atoms with E-state index in [4.69, 9.17) is 0 Å². The minimum absolute atomic E-state index is 0.0488. The average molecular weight is 338 g/mol. The summed E-state index contributed by atoms with van der Waals surface area (Å²) in [6.45, 7) is 3.00. The average Bonchev–Trinajstić information content (AvgIpc) is 2.68. The highest BCUT2D eigenvalue weighted by atomic mass is 16.3. The fourth-order valence-corrected chi connectivity index (χ4v) is 3.33. The summed E-state index contributed by atoms with van der Waals surface area (Å²) in [5.41, 5.74) is 3.00. The number of hydrogen-bond donors (Lipinski definition) is 2. The lowest BCUT2D eigenvalue weighted by molar-refractivity contribution is -0.116. The van der Waals surface area contributed by atoms with Crippen LogP contribution in [0.25, 0.3) is 11.1 Å². The molecule has 2 N–H and O–H groups in total. The van der Waals surface area contributed by atoms with Crippen LogP contribution >= 0.6 is 0 Å². The molecule has 0 saturated carbocycles. The van der Waals surface area contributed by atoms with Crippen molar-refractivity contribution in [3.05, 3.63) is 54.6 Å². The second kappa shape index (κ2) is 8.79. The van der Waals surface area contributed by atoms with E-state index in [1.807, 2.05) is 42.5 Å². The number of nitrogens with one attached hydrogen (secondary N) is 1. The van der Waals surface area contributed by atoms with Crippen molar-refractivity contribution in [3.63, 3.8) is 0 Å². The number of aliphatic hydroxyl groups is 1. The Kier molecular flexibility index (Phi) is 6.20. The molecule has 4 nitrogen and oxygen atoms in total. The maximum Gasteiger partial charge on any atom is 0.225 e. The molecule has 0 aliphatic carbocycles. The molecule has 1 aliphatic heterocycles. The molecule has 0 spiro atoms. The predicted molar refractivity (Wildman–Crippen MR) is 101 cm³/mol. The third-order valence-electron chi connectivity index (χ3n) is 4.91. The molecule has 1 aliphatic rings. The van der Waals surface area contributed by atoms with Crippen LogP contribution in [0.3, 0.4) is 0 Å². The number of hydrogen-bond acceptors (Lipinski definition) is 3. The van der Waals surface area contributed by atoms with Gasteiger partial charge in [-0.3, -0.25) is 4.79 Å². The lowest BCUT2D eigenvalue weighted by Crippen LogP contribution is -2.36. The largest absolute Gasteiger partial charge is 0.396 e. The van der Waals surface area contributed by atoms with Crippen LogP contribution in [-0.4, -0.2) is 42.2 Å². The number of likely N-dealkylation sites (tertiary alicyclic amines) is 1. The van der Waals surface area contributed by atoms with Crippen molar-refractivity contribution in [1.29, 1.82) is 0 Å². The summed E-state index contributed by atoms with van der Waals surface area (Å²) in [5.74, 6) is 0.482. The highest BCUT2D eigenvalue weighted by molar-refractivity contribution is 5.95. The van der Waals surface area contributed by atoms with Crippen molar-refractivity contribution >= 4 is 11.6 Å². The molecule has 2 aromatic carbocycles. The minimum Gasteiger partial charge on any atom is -0.396 e. The molecule has 25 heavy (non-hydrogen) atoms. The van der Waals surface area contributed by atoms with Crippen LogP contribution in [0.4, 0.5) is 5.69 Å². The third-order valence-corrected chi connectivity index (χ3v) is 4.91. The lowest BCUT2D eigenvalue weighted by Gasteiger charge is -2.30. The first kappa shape index (κ1) is 17.6. The van der Waals surface area contributed by atoms with Gasteiger partial charge in [-0.05, 0) is 43.5 Å². The molecule has 0 atom stereocenters. The number of aliphatic hydroxyl groups excluding tert-OH is 1. The number of carbonyl (C=O) groups is 1. The van der Waals surface area contributed by atoms with Gasteiger partial charge in [-0.15, -0.1) is 0 Å². The van der Waals surface area contributed by atoms with Crippen LogP contribution in [0, 0.1) is 5.92 Å². The van der Waals surface area contributed by atoms with Gasteiger partial charge in [0.25, 0.3) is 0 Å². The highest BCUT2D eigenvalue weighted by Crippen LogP contribution is 2.27. The van der Waals surface area contributed by atoms with Gasteiger partial charge in [-0.2, -0.15) is 0 Å². The van der Waals surface area contributed by atoms with Crippen LogP contribution < -0.4 is 5.32 Å². The predicted octanol–water partition coefficient (Wildman–Crippen LogP) is 3.39. The van der Waals surface area contributed by atoms with E-state index in [1.54, 1.807) is 0 Å². The molecule has 2 aromatic rings. The van der Waals surface area contributed by atoms with Crippen LogP contribution in [0.1, 0.15) is 19.3 Å². The molecule has 4 heteroatoms. The molecule has 0 aromatic heterocycles. The summed E-state index contributed by atoms with van der Waals surface area (Å²) < 4.78 is 0. The topological polar surface area (TPSA) is 52.6 Å². The van der Waals surface area contributed by atoms with Gasteiger partial charge in [0.05, 0.1) is 0 Å². The molecule has 132 valence electrons. The van der Waals surface area contributed by atoms with Crippen molar-refractivity contribution < 1.29 is 9.90 Å². The van der Waals surface area contributed by atoms with E-state index >= 15 is 0 Å². The zero-order chi connectivity index (χ0) is 17.5. The van der Waals surface area contributed by atoms with E-state index in [9.17, 15) is 9.90 Å². The normalized spacial score (nSPS) is 15.9. The summed E-state index contributed by atoms with van der Waals surface area (Å²) in [6, 6.07) is 18.0. The zero-order valence-corrected chi connectivity index (χ0v) is 14.5. The number of rotatable bonds is 6. The first-order chi connectivity index (χ1) is 12.3. The Morgan fingerprint density at radius 1 is 1.04 bits per heavy atom. The van der Waals surface area contributed by atoms with Gasteiger partial charge in [-0.25, -0.2) is 0 Å². The lowest BCUT2D eigenvalue weighted by atomic mass is 9.98. The summed E-state index contributed by atoms with van der Waals surface area (Å²) in [6.07, 6.45) is 2.54. The maximum atomic E-state index is 12.4. The summed E-state index contributed by atoms with van der Waals surface area (Å²) in [7, 11) is 0. The number of piperidine rings is 1. The first-order valence-corrected chi connectivity index (χ1v) is 9.04. The van der Waals surface area contributed by atoms with Crippen LogP contribution in [0.2, 0.25) is 0 Å². The van der Waals surface area contributed by atoms with Crippen molar-refractivity contribution in [2.75, 3.05) is 31.6 Å². The molecule has 3 rings (SSSR count). The number of amides is 1. The van der Waals surface area contributed by atoms with Gasteiger partial charge in [0, 0.05) is 30.8 Å². The smallest absolute Gasteiger partial charge is 0.225 e. The van der Waals surface area contributed by atoms with E-state index in [2.05, 4.69) is 22.3 Å². The van der Waals surface area contributed by atoms with E-state index in [0.29, 0.717) is 12.3 Å². The molecule has 1 amide bonds. The van der Waals surface area contributed by atoms with Gasteiger partial charge >= 0.3 is 0 Å². The first-order valence-electron chi connectivity index (χ1n) is 9.04. The second-order valence-electron chi connectivity index (χ2n) is 6.68. The molecule has 0 radical (unpaired) electrons. The highest BCUT2D eigenvalue weighted by Gasteiger charge is 2.19. The molecule has 1 heterocycles. The van der Waals surface area contributed by atoms with Crippen molar-refractivity contribution in [2.24, 2.45) is 5.92 Å². The molecule has 0 unspecified atom stereocenters. The molecule has 0 bridgehead atoms. The minimum atomic E-state index is 0.0488. The van der Waals surface area contributed by atoms with Gasteiger partial charge < -0.3 is 15.3 Å². The number of benzene rings is 2. The Bertz CT molecular complexity index is 679. The van der Waals surface area contributed by atoms with Crippen molar-refractivity contribution in [2.45, 2.75) is 19.3 Å². The van der Waals surface area contributed by atoms with Gasteiger partial charge in [0.1, 0.15) is 0 Å². The summed E-state index contributed by atoms with van der Waals surface area (Å²) >= 11 is 0. The zero-order valence-electron chi connectivity index (χ0n) is 14.5. The molecule has 1 fully saturated rings. The van der Waals surface area contributed by atoms with Gasteiger partial charge in [-0.1, -0.05) is 48.5 Å². The van der Waals surface area contributed by atoms with Crippen molar-refractivity contribution in [1.82, 2.24) is 4.90 Å². The van der Waals surface area contributed by atoms with E-state index in [-0.39, 0.29) is 12.5 Å². The van der Waals surface area contributed by atoms with E-state index in [0.717, 1.165) is 49.3 Å². The van der Waals surface area contributed by atoms with E-state index in [1.165, 1.54) is 0 Å². The number of anilines is 1. The maximum absolute atomic E-state index is 12.4.